The number of fused-ring (bicyclic) bond motifs is 2. The third kappa shape index (κ3) is 9.19. The number of hydrogen-bond donors (Lipinski definition) is 3. The molecule has 4 aromatic carbocycles. The van der Waals surface area contributed by atoms with Gasteiger partial charge in [-0.3, -0.25) is 14.9 Å². The number of alkyl halides is 6. The Bertz CT molecular complexity index is 2300. The molecule has 4 aromatic rings. The molecule has 3 saturated carbocycles. The molecule has 0 saturated heterocycles. The molecule has 0 aliphatic heterocycles. The minimum atomic E-state index is -5.20. The van der Waals surface area contributed by atoms with Crippen LogP contribution in [0, 0.1) is 35.3 Å². The first-order chi connectivity index (χ1) is 28.5. The molecule has 0 aromatic heterocycles. The fourth-order valence-corrected chi connectivity index (χ4v) is 7.98. The fraction of sp³-hybridized carbons (Fsp3) is 0.326. The average molecular weight is 844 g/mol. The van der Waals surface area contributed by atoms with Gasteiger partial charge in [0.15, 0.2) is 11.6 Å². The molecule has 2 bridgehead atoms. The summed E-state index contributed by atoms with van der Waals surface area (Å²) in [6.45, 7) is -0.565. The Hall–Kier alpha value is -6.13. The zero-order valence-corrected chi connectivity index (χ0v) is 31.6. The summed E-state index contributed by atoms with van der Waals surface area (Å²) < 4.78 is 128. The highest BCUT2D eigenvalue weighted by Gasteiger charge is 2.55. The van der Waals surface area contributed by atoms with E-state index in [4.69, 9.17) is 14.2 Å². The molecule has 0 spiro atoms. The van der Waals surface area contributed by atoms with E-state index in [-0.39, 0.29) is 40.1 Å². The van der Waals surface area contributed by atoms with Crippen molar-refractivity contribution in [3.8, 4) is 11.5 Å². The van der Waals surface area contributed by atoms with Gasteiger partial charge >= 0.3 is 18.4 Å². The summed E-state index contributed by atoms with van der Waals surface area (Å²) in [7, 11) is 1.29. The molecule has 3 fully saturated rings. The summed E-state index contributed by atoms with van der Waals surface area (Å²) in [6, 6.07) is 15.8. The van der Waals surface area contributed by atoms with E-state index in [1.54, 1.807) is 18.2 Å². The highest BCUT2D eigenvalue weighted by molar-refractivity contribution is 5.99. The van der Waals surface area contributed by atoms with E-state index in [1.807, 2.05) is 0 Å². The number of benzene rings is 4. The molecule has 3 amide bonds. The number of carbonyl (C=O) groups is 3. The molecular formula is C43H37F8N3O6. The van der Waals surface area contributed by atoms with E-state index >= 15 is 4.39 Å². The topological polar surface area (TPSA) is 115 Å². The maximum Gasteiger partial charge on any atom is 0.430 e. The Morgan fingerprint density at radius 3 is 2.22 bits per heavy atom. The molecule has 17 heteroatoms. The Morgan fingerprint density at radius 2 is 1.53 bits per heavy atom. The van der Waals surface area contributed by atoms with Crippen LogP contribution in [0.1, 0.15) is 58.8 Å². The summed E-state index contributed by atoms with van der Waals surface area (Å²) in [5.41, 5.74) is -1.39. The van der Waals surface area contributed by atoms with Gasteiger partial charge < -0.3 is 24.8 Å². The highest BCUT2D eigenvalue weighted by atomic mass is 19.4. The second-order valence-corrected chi connectivity index (χ2v) is 14.8. The lowest BCUT2D eigenvalue weighted by atomic mass is 9.83. The number of amides is 3. The van der Waals surface area contributed by atoms with Crippen molar-refractivity contribution in [2.45, 2.75) is 56.8 Å². The fourth-order valence-electron chi connectivity index (χ4n) is 7.98. The lowest BCUT2D eigenvalue weighted by molar-refractivity contribution is -0.205. The van der Waals surface area contributed by atoms with Crippen molar-refractivity contribution in [2.75, 3.05) is 17.7 Å². The molecule has 1 unspecified atom stereocenters. The minimum absolute atomic E-state index is 0.0653. The van der Waals surface area contributed by atoms with Crippen LogP contribution >= 0.6 is 0 Å². The van der Waals surface area contributed by atoms with Gasteiger partial charge in [-0.2, -0.15) is 26.3 Å². The predicted molar refractivity (Wildman–Crippen MR) is 201 cm³/mol. The number of nitrogens with one attached hydrogen (secondary N) is 3. The van der Waals surface area contributed by atoms with Gasteiger partial charge in [-0.15, -0.1) is 0 Å². The quantitative estimate of drug-likeness (QED) is 0.0967. The van der Waals surface area contributed by atoms with Crippen molar-refractivity contribution >= 4 is 29.3 Å². The van der Waals surface area contributed by atoms with E-state index in [2.05, 4.69) is 22.0 Å². The van der Waals surface area contributed by atoms with E-state index in [0.29, 0.717) is 30.9 Å². The van der Waals surface area contributed by atoms with Crippen LogP contribution < -0.4 is 25.4 Å². The Balaban J connectivity index is 1.11. The van der Waals surface area contributed by atoms with Gasteiger partial charge in [0.05, 0.1) is 24.2 Å². The number of rotatable bonds is 12. The highest BCUT2D eigenvalue weighted by Crippen LogP contribution is 2.54. The van der Waals surface area contributed by atoms with Crippen molar-refractivity contribution in [2.24, 2.45) is 23.7 Å². The molecule has 7 rings (SSSR count). The predicted octanol–water partition coefficient (Wildman–Crippen LogP) is 10.2. The van der Waals surface area contributed by atoms with Crippen LogP contribution in [0.15, 0.2) is 96.6 Å². The van der Waals surface area contributed by atoms with Gasteiger partial charge in [0.25, 0.3) is 5.91 Å². The van der Waals surface area contributed by atoms with E-state index < -0.39 is 83.4 Å². The van der Waals surface area contributed by atoms with Gasteiger partial charge in [-0.05, 0) is 91.6 Å². The number of carbonyl (C=O) groups excluding carboxylic acids is 3. The van der Waals surface area contributed by atoms with Crippen LogP contribution in [0.2, 0.25) is 0 Å². The van der Waals surface area contributed by atoms with E-state index in [0.717, 1.165) is 42.7 Å². The smallest absolute Gasteiger partial charge is 0.430 e. The minimum Gasteiger partial charge on any atom is -0.496 e. The van der Waals surface area contributed by atoms with Gasteiger partial charge in [0, 0.05) is 28.9 Å². The van der Waals surface area contributed by atoms with Crippen LogP contribution in [0.5, 0.6) is 11.5 Å². The van der Waals surface area contributed by atoms with Gasteiger partial charge in [-0.1, -0.05) is 48.0 Å². The van der Waals surface area contributed by atoms with Crippen LogP contribution in [0.4, 0.5) is 51.3 Å². The van der Waals surface area contributed by atoms with E-state index in [1.165, 1.54) is 37.4 Å². The van der Waals surface area contributed by atoms with Crippen LogP contribution in [-0.2, 0) is 22.3 Å². The maximum atomic E-state index is 15.2. The maximum absolute atomic E-state index is 15.2. The Labute approximate surface area is 338 Å². The summed E-state index contributed by atoms with van der Waals surface area (Å²) >= 11 is 0. The second-order valence-electron chi connectivity index (χ2n) is 14.8. The molecule has 0 heterocycles. The van der Waals surface area contributed by atoms with Crippen LogP contribution in [0.3, 0.4) is 0 Å². The zero-order chi connectivity index (χ0) is 42.9. The third-order valence-corrected chi connectivity index (χ3v) is 10.8. The summed E-state index contributed by atoms with van der Waals surface area (Å²) in [6.07, 6.45) is -9.36. The van der Waals surface area contributed by atoms with E-state index in [9.17, 15) is 45.1 Å². The number of allylic oxidation sites excluding steroid dienone is 1. The SMILES string of the molecule is COc1ccc(COc2c(F)cccc2C(OC(=O)Nc2ccccc2)C(F)(F)F)cc1C(=O)N[C@H]1[C@@H](C(=O)Nc2ccc(F)c(C(F)(F)F)c2)[C@H]2CC[C@@H]1/C2=C\C1CC1. The number of ether oxygens (including phenoxy) is 3. The van der Waals surface area contributed by atoms with Gasteiger partial charge in [0.1, 0.15) is 18.2 Å². The third-order valence-electron chi connectivity index (χ3n) is 10.8. The van der Waals surface area contributed by atoms with Crippen LogP contribution in [0.25, 0.3) is 0 Å². The van der Waals surface area contributed by atoms with Gasteiger partial charge in [0.2, 0.25) is 12.0 Å². The molecular weight excluding hydrogens is 806 g/mol. The number of hydrogen-bond acceptors (Lipinski definition) is 6. The van der Waals surface area contributed by atoms with Crippen molar-refractivity contribution < 1.29 is 63.7 Å². The number of halogens is 8. The first-order valence-corrected chi connectivity index (χ1v) is 18.9. The summed E-state index contributed by atoms with van der Waals surface area (Å²) in [5.74, 6) is -6.05. The molecule has 316 valence electrons. The summed E-state index contributed by atoms with van der Waals surface area (Å²) in [4.78, 5) is 40.5. The lowest BCUT2D eigenvalue weighted by Gasteiger charge is -2.30. The first kappa shape index (κ1) is 42.0. The lowest BCUT2D eigenvalue weighted by Crippen LogP contribution is -2.48. The van der Waals surface area contributed by atoms with Crippen molar-refractivity contribution in [3.63, 3.8) is 0 Å². The monoisotopic (exact) mass is 843 g/mol. The Kier molecular flexibility index (Phi) is 11.8. The average Bonchev–Trinajstić information content (AvgIpc) is 3.88. The largest absolute Gasteiger partial charge is 0.496 e. The first-order valence-electron chi connectivity index (χ1n) is 18.9. The van der Waals surface area contributed by atoms with Crippen molar-refractivity contribution in [1.29, 1.82) is 0 Å². The zero-order valence-electron chi connectivity index (χ0n) is 31.6. The molecule has 60 heavy (non-hydrogen) atoms. The number of para-hydroxylation sites is 2. The Morgan fingerprint density at radius 1 is 0.800 bits per heavy atom. The summed E-state index contributed by atoms with van der Waals surface area (Å²) in [5, 5.41) is 7.62. The molecule has 0 radical (unpaired) electrons. The second kappa shape index (κ2) is 16.9. The van der Waals surface area contributed by atoms with Crippen LogP contribution in [-0.4, -0.2) is 37.2 Å². The molecule has 9 nitrogen and oxygen atoms in total. The standard InChI is InChI=1S/C43H37F8N3O6/c1-58-34-17-12-23(21-59-37-28(8-5-9-33(37)45)38(43(49,50)51)60-41(57)53-24-6-3-2-4-7-24)19-30(34)39(55)54-36-27-15-14-26(29(27)18-22-10-11-22)35(36)40(56)52-25-13-16-32(44)31(20-25)42(46,47)48/h2-9,12-13,16-20,22,26-27,35-36,38H,10-11,14-15,21H2,1H3,(H,52,56)(H,53,57)(H,54,55)/b29-18-/t26-,27+,35-,36+,38?/m0/s1. The number of anilines is 2. The molecule has 3 N–H and O–H groups in total. The van der Waals surface area contributed by atoms with Gasteiger partial charge in [-0.25, -0.2) is 13.6 Å². The molecule has 5 atom stereocenters. The van der Waals surface area contributed by atoms with Crippen molar-refractivity contribution in [3.05, 3.63) is 130 Å². The molecule has 3 aliphatic carbocycles. The number of methoxy groups -OCH3 is 1. The van der Waals surface area contributed by atoms with Crippen molar-refractivity contribution in [1.82, 2.24) is 5.32 Å². The normalized spacial score (nSPS) is 21.0. The molecule has 3 aliphatic rings.